The van der Waals surface area contributed by atoms with Crippen molar-refractivity contribution in [1.29, 1.82) is 0 Å². The SMILES string of the molecule is COc1ccccc1-c1nc2c(C)n(C)nc2c(=O)[nH]1. The number of benzene rings is 1. The monoisotopic (exact) mass is 270 g/mol. The number of rotatable bonds is 2. The van der Waals surface area contributed by atoms with Gasteiger partial charge in [0.15, 0.2) is 5.52 Å². The molecule has 0 radical (unpaired) electrons. The molecule has 0 amide bonds. The fraction of sp³-hybridized carbons (Fsp3) is 0.214. The molecule has 20 heavy (non-hydrogen) atoms. The van der Waals surface area contributed by atoms with Crippen LogP contribution in [0.5, 0.6) is 5.75 Å². The second-order valence-corrected chi connectivity index (χ2v) is 4.52. The van der Waals surface area contributed by atoms with Gasteiger partial charge in [-0.1, -0.05) is 12.1 Å². The first-order chi connectivity index (χ1) is 9.61. The van der Waals surface area contributed by atoms with Crippen LogP contribution in [0.3, 0.4) is 0 Å². The molecule has 1 aromatic carbocycles. The van der Waals surface area contributed by atoms with Gasteiger partial charge in [-0.25, -0.2) is 4.98 Å². The topological polar surface area (TPSA) is 72.8 Å². The lowest BCUT2D eigenvalue weighted by atomic mass is 10.2. The molecule has 3 rings (SSSR count). The molecule has 6 heteroatoms. The van der Waals surface area contributed by atoms with E-state index >= 15 is 0 Å². The third-order valence-corrected chi connectivity index (χ3v) is 3.34. The molecule has 0 saturated heterocycles. The van der Waals surface area contributed by atoms with Crippen molar-refractivity contribution < 1.29 is 4.74 Å². The third-order valence-electron chi connectivity index (χ3n) is 3.34. The number of aromatic nitrogens is 4. The first-order valence-corrected chi connectivity index (χ1v) is 6.19. The Hall–Kier alpha value is -2.63. The van der Waals surface area contributed by atoms with Gasteiger partial charge in [0, 0.05) is 7.05 Å². The van der Waals surface area contributed by atoms with E-state index in [9.17, 15) is 4.79 Å². The number of aromatic amines is 1. The van der Waals surface area contributed by atoms with Crippen LogP contribution in [0, 0.1) is 6.92 Å². The summed E-state index contributed by atoms with van der Waals surface area (Å²) in [7, 11) is 3.38. The van der Waals surface area contributed by atoms with Crippen molar-refractivity contribution in [3.05, 3.63) is 40.3 Å². The summed E-state index contributed by atoms with van der Waals surface area (Å²) in [6, 6.07) is 7.43. The molecule has 0 saturated carbocycles. The van der Waals surface area contributed by atoms with Crippen molar-refractivity contribution in [2.24, 2.45) is 7.05 Å². The molecule has 3 aromatic rings. The Bertz CT molecular complexity index is 848. The van der Waals surface area contributed by atoms with Crippen LogP contribution in [0.2, 0.25) is 0 Å². The minimum atomic E-state index is -0.250. The van der Waals surface area contributed by atoms with Crippen LogP contribution >= 0.6 is 0 Å². The van der Waals surface area contributed by atoms with E-state index in [2.05, 4.69) is 15.1 Å². The van der Waals surface area contributed by atoms with Crippen molar-refractivity contribution in [2.75, 3.05) is 7.11 Å². The maximum Gasteiger partial charge on any atom is 0.279 e. The molecule has 0 fully saturated rings. The quantitative estimate of drug-likeness (QED) is 0.768. The molecule has 0 unspecified atom stereocenters. The zero-order valence-corrected chi connectivity index (χ0v) is 11.5. The molecule has 2 aromatic heterocycles. The highest BCUT2D eigenvalue weighted by Crippen LogP contribution is 2.27. The minimum Gasteiger partial charge on any atom is -0.496 e. The summed E-state index contributed by atoms with van der Waals surface area (Å²) in [6.45, 7) is 1.88. The van der Waals surface area contributed by atoms with Gasteiger partial charge < -0.3 is 9.72 Å². The van der Waals surface area contributed by atoms with E-state index in [0.717, 1.165) is 11.3 Å². The fourth-order valence-electron chi connectivity index (χ4n) is 2.16. The second-order valence-electron chi connectivity index (χ2n) is 4.52. The number of hydrogen-bond donors (Lipinski definition) is 1. The standard InChI is InChI=1S/C14H14N4O2/c1-8-11-12(17-18(8)2)14(19)16-13(15-11)9-6-4-5-7-10(9)20-3/h4-7H,1-3H3,(H,15,16,19). The molecule has 6 nitrogen and oxygen atoms in total. The lowest BCUT2D eigenvalue weighted by Gasteiger charge is -2.07. The van der Waals surface area contributed by atoms with E-state index in [1.54, 1.807) is 18.8 Å². The van der Waals surface area contributed by atoms with Crippen LogP contribution in [0.25, 0.3) is 22.4 Å². The van der Waals surface area contributed by atoms with Crippen molar-refractivity contribution in [3.63, 3.8) is 0 Å². The summed E-state index contributed by atoms with van der Waals surface area (Å²) in [6.07, 6.45) is 0. The Labute approximate surface area is 115 Å². The molecule has 1 N–H and O–H groups in total. The Balaban J connectivity index is 2.32. The summed E-state index contributed by atoms with van der Waals surface area (Å²) in [5.74, 6) is 1.15. The highest BCUT2D eigenvalue weighted by Gasteiger charge is 2.14. The van der Waals surface area contributed by atoms with E-state index in [1.807, 2.05) is 31.2 Å². The molecule has 2 heterocycles. The molecule has 102 valence electrons. The van der Waals surface area contributed by atoms with Gasteiger partial charge in [-0.05, 0) is 19.1 Å². The van der Waals surface area contributed by atoms with Gasteiger partial charge in [-0.15, -0.1) is 0 Å². The maximum atomic E-state index is 12.1. The van der Waals surface area contributed by atoms with Crippen molar-refractivity contribution in [2.45, 2.75) is 6.92 Å². The fourth-order valence-corrected chi connectivity index (χ4v) is 2.16. The van der Waals surface area contributed by atoms with E-state index in [4.69, 9.17) is 4.74 Å². The van der Waals surface area contributed by atoms with E-state index < -0.39 is 0 Å². The smallest absolute Gasteiger partial charge is 0.279 e. The molecule has 0 bridgehead atoms. The normalized spacial score (nSPS) is 10.9. The first-order valence-electron chi connectivity index (χ1n) is 6.19. The minimum absolute atomic E-state index is 0.250. The van der Waals surface area contributed by atoms with Crippen LogP contribution in [-0.4, -0.2) is 26.9 Å². The average Bonchev–Trinajstić information content (AvgIpc) is 2.75. The number of methoxy groups -OCH3 is 1. The highest BCUT2D eigenvalue weighted by molar-refractivity contribution is 5.79. The van der Waals surface area contributed by atoms with E-state index in [-0.39, 0.29) is 5.56 Å². The lowest BCUT2D eigenvalue weighted by molar-refractivity contribution is 0.416. The number of fused-ring (bicyclic) bond motifs is 1. The van der Waals surface area contributed by atoms with Crippen LogP contribution in [0.1, 0.15) is 5.69 Å². The third kappa shape index (κ3) is 1.77. The number of nitrogens with zero attached hydrogens (tertiary/aromatic N) is 3. The number of nitrogens with one attached hydrogen (secondary N) is 1. The van der Waals surface area contributed by atoms with Crippen molar-refractivity contribution in [3.8, 4) is 17.1 Å². The van der Waals surface area contributed by atoms with Crippen LogP contribution in [0.4, 0.5) is 0 Å². The van der Waals surface area contributed by atoms with Gasteiger partial charge in [0.05, 0.1) is 18.4 Å². The van der Waals surface area contributed by atoms with Crippen LogP contribution in [0.15, 0.2) is 29.1 Å². The zero-order chi connectivity index (χ0) is 14.3. The van der Waals surface area contributed by atoms with Crippen molar-refractivity contribution >= 4 is 11.0 Å². The summed E-state index contributed by atoms with van der Waals surface area (Å²) >= 11 is 0. The number of aryl methyl sites for hydroxylation is 2. The Morgan fingerprint density at radius 2 is 2.00 bits per heavy atom. The van der Waals surface area contributed by atoms with Gasteiger partial charge in [0.25, 0.3) is 5.56 Å². The van der Waals surface area contributed by atoms with Gasteiger partial charge in [-0.2, -0.15) is 5.10 Å². The predicted octanol–water partition coefficient (Wildman–Crippen LogP) is 1.64. The molecule has 0 aliphatic rings. The van der Waals surface area contributed by atoms with Crippen molar-refractivity contribution in [1.82, 2.24) is 19.7 Å². The highest BCUT2D eigenvalue weighted by atomic mass is 16.5. The molecular weight excluding hydrogens is 256 g/mol. The van der Waals surface area contributed by atoms with Crippen LogP contribution in [-0.2, 0) is 7.05 Å². The Kier molecular flexibility index (Phi) is 2.78. The number of hydrogen-bond acceptors (Lipinski definition) is 4. The van der Waals surface area contributed by atoms with Gasteiger partial charge in [-0.3, -0.25) is 9.48 Å². The summed E-state index contributed by atoms with van der Waals surface area (Å²) in [5, 5.41) is 4.17. The second kappa shape index (κ2) is 4.48. The molecular formula is C14H14N4O2. The van der Waals surface area contributed by atoms with E-state index in [1.165, 1.54) is 0 Å². The molecule has 0 aliphatic heterocycles. The molecule has 0 aliphatic carbocycles. The molecule has 0 atom stereocenters. The van der Waals surface area contributed by atoms with Gasteiger partial charge >= 0.3 is 0 Å². The Morgan fingerprint density at radius 3 is 2.75 bits per heavy atom. The van der Waals surface area contributed by atoms with Gasteiger partial charge in [0.2, 0.25) is 0 Å². The zero-order valence-electron chi connectivity index (χ0n) is 11.5. The number of para-hydroxylation sites is 1. The molecule has 0 spiro atoms. The summed E-state index contributed by atoms with van der Waals surface area (Å²) < 4.78 is 6.96. The average molecular weight is 270 g/mol. The summed E-state index contributed by atoms with van der Waals surface area (Å²) in [4.78, 5) is 19.4. The predicted molar refractivity (Wildman–Crippen MR) is 75.9 cm³/mol. The van der Waals surface area contributed by atoms with Crippen LogP contribution < -0.4 is 10.3 Å². The van der Waals surface area contributed by atoms with E-state index in [0.29, 0.717) is 22.6 Å². The Morgan fingerprint density at radius 1 is 1.25 bits per heavy atom. The number of H-pyrrole nitrogens is 1. The largest absolute Gasteiger partial charge is 0.496 e. The number of ether oxygens (including phenoxy) is 1. The maximum absolute atomic E-state index is 12.1. The lowest BCUT2D eigenvalue weighted by Crippen LogP contribution is -2.10. The van der Waals surface area contributed by atoms with Gasteiger partial charge in [0.1, 0.15) is 17.1 Å². The summed E-state index contributed by atoms with van der Waals surface area (Å²) in [5.41, 5.74) is 2.31. The first kappa shape index (κ1) is 12.4.